The molecule has 2 aliphatic heterocycles. The van der Waals surface area contributed by atoms with Crippen LogP contribution in [-0.2, 0) is 10.9 Å². The molecule has 0 aromatic carbocycles. The van der Waals surface area contributed by atoms with E-state index in [1.165, 1.54) is 6.20 Å². The normalized spacial score (nSPS) is 17.5. The smallest absolute Gasteiger partial charge is 0.378 e. The van der Waals surface area contributed by atoms with Crippen molar-refractivity contribution in [3.63, 3.8) is 0 Å². The van der Waals surface area contributed by atoms with E-state index in [0.717, 1.165) is 43.8 Å². The number of hydrogen-bond donors (Lipinski definition) is 3. The highest BCUT2D eigenvalue weighted by Gasteiger charge is 2.36. The molecule has 0 spiro atoms. The van der Waals surface area contributed by atoms with Crippen LogP contribution in [0.4, 0.5) is 24.9 Å². The average molecular weight is 445 g/mol. The van der Waals surface area contributed by atoms with E-state index >= 15 is 0 Å². The Morgan fingerprint density at radius 1 is 1.12 bits per heavy atom. The van der Waals surface area contributed by atoms with E-state index in [-0.39, 0.29) is 11.6 Å². The molecule has 0 bridgehead atoms. The second-order valence-corrected chi connectivity index (χ2v) is 7.64. The predicted octanol–water partition coefficient (Wildman–Crippen LogP) is 3.16. The molecule has 3 N–H and O–H groups in total. The van der Waals surface area contributed by atoms with Gasteiger partial charge in [-0.2, -0.15) is 13.2 Å². The summed E-state index contributed by atoms with van der Waals surface area (Å²) in [4.78, 5) is 17.9. The fourth-order valence-electron chi connectivity index (χ4n) is 3.90. The number of H-pyrrole nitrogens is 1. The van der Waals surface area contributed by atoms with Gasteiger partial charge in [-0.15, -0.1) is 0 Å². The zero-order chi connectivity index (χ0) is 22.1. The fourth-order valence-corrected chi connectivity index (χ4v) is 3.90. The molecule has 5 heterocycles. The lowest BCUT2D eigenvalue weighted by Crippen LogP contribution is -2.36. The van der Waals surface area contributed by atoms with Crippen LogP contribution in [0.2, 0.25) is 0 Å². The monoisotopic (exact) mass is 445 g/mol. The minimum atomic E-state index is -4.59. The molecule has 11 heteroatoms. The largest absolute Gasteiger partial charge is 0.419 e. The molecule has 0 amide bonds. The number of aromatic nitrogens is 4. The molecule has 3 aromatic heterocycles. The number of nitrogens with one attached hydrogen (secondary N) is 3. The van der Waals surface area contributed by atoms with E-state index < -0.39 is 11.7 Å². The van der Waals surface area contributed by atoms with Gasteiger partial charge < -0.3 is 25.3 Å². The maximum absolute atomic E-state index is 13.8. The van der Waals surface area contributed by atoms with Gasteiger partial charge in [0.15, 0.2) is 0 Å². The first-order valence-corrected chi connectivity index (χ1v) is 10.4. The Bertz CT molecular complexity index is 1150. The van der Waals surface area contributed by atoms with Gasteiger partial charge >= 0.3 is 6.18 Å². The van der Waals surface area contributed by atoms with Crippen LogP contribution in [0.5, 0.6) is 0 Å². The van der Waals surface area contributed by atoms with E-state index in [0.29, 0.717) is 36.4 Å². The number of ether oxygens (including phenoxy) is 1. The highest BCUT2D eigenvalue weighted by atomic mass is 19.4. The van der Waals surface area contributed by atoms with Crippen LogP contribution in [0.15, 0.2) is 36.3 Å². The lowest BCUT2D eigenvalue weighted by Gasteiger charge is -2.27. The van der Waals surface area contributed by atoms with Crippen LogP contribution in [0, 0.1) is 0 Å². The van der Waals surface area contributed by atoms with E-state index in [1.807, 2.05) is 12.1 Å². The Morgan fingerprint density at radius 2 is 1.97 bits per heavy atom. The Balaban J connectivity index is 1.54. The molecule has 3 aromatic rings. The van der Waals surface area contributed by atoms with Crippen LogP contribution in [0.3, 0.4) is 0 Å². The summed E-state index contributed by atoms with van der Waals surface area (Å²) in [6.45, 7) is 4.12. The topological polar surface area (TPSA) is 91.0 Å². The number of hydrogen-bond acceptors (Lipinski definition) is 7. The van der Waals surface area contributed by atoms with Crippen molar-refractivity contribution in [3.05, 3.63) is 41.9 Å². The highest BCUT2D eigenvalue weighted by molar-refractivity contribution is 5.94. The second kappa shape index (κ2) is 8.40. The Kier molecular flexibility index (Phi) is 5.43. The van der Waals surface area contributed by atoms with Gasteiger partial charge in [0, 0.05) is 48.7 Å². The van der Waals surface area contributed by atoms with Gasteiger partial charge in [0.1, 0.15) is 17.0 Å². The standard InChI is InChI=1S/C21H22F3N7O/c22-21(23,24)16-12-27-20(28-13-2-1-5-25-10-13)30-18(16)15-11-26-19-14(15)3-4-17(29-19)31-6-8-32-9-7-31/h2-4,11-12,25H,1,5-10H2,(H,26,29)(H,27,28,30). The molecule has 5 rings (SSSR count). The predicted molar refractivity (Wildman–Crippen MR) is 114 cm³/mol. The lowest BCUT2D eigenvalue weighted by molar-refractivity contribution is -0.137. The third kappa shape index (κ3) is 4.13. The summed E-state index contributed by atoms with van der Waals surface area (Å²) in [7, 11) is 0. The molecular formula is C21H22F3N7O. The van der Waals surface area contributed by atoms with E-state index in [2.05, 4.69) is 35.5 Å². The minimum absolute atomic E-state index is 0.121. The highest BCUT2D eigenvalue weighted by Crippen LogP contribution is 2.38. The number of alkyl halides is 3. The quantitative estimate of drug-likeness (QED) is 0.568. The summed E-state index contributed by atoms with van der Waals surface area (Å²) >= 11 is 0. The molecule has 168 valence electrons. The maximum atomic E-state index is 13.8. The van der Waals surface area contributed by atoms with Crippen molar-refractivity contribution in [1.29, 1.82) is 0 Å². The minimum Gasteiger partial charge on any atom is -0.378 e. The van der Waals surface area contributed by atoms with Crippen LogP contribution < -0.4 is 15.5 Å². The van der Waals surface area contributed by atoms with Crippen molar-refractivity contribution in [3.8, 4) is 11.3 Å². The van der Waals surface area contributed by atoms with E-state index in [9.17, 15) is 13.2 Å². The number of halogens is 3. The SMILES string of the molecule is FC(F)(F)c1cnc(NC2=CCCNC2)nc1-c1c[nH]c2nc(N3CCOCC3)ccc12. The maximum Gasteiger partial charge on any atom is 0.419 e. The molecule has 0 aliphatic carbocycles. The van der Waals surface area contributed by atoms with Gasteiger partial charge in [-0.1, -0.05) is 6.08 Å². The Hall–Kier alpha value is -3.18. The Labute approximate surface area is 181 Å². The molecule has 0 radical (unpaired) electrons. The first-order valence-electron chi connectivity index (χ1n) is 10.4. The van der Waals surface area contributed by atoms with Gasteiger partial charge in [-0.25, -0.2) is 15.0 Å². The van der Waals surface area contributed by atoms with E-state index in [1.54, 1.807) is 6.07 Å². The van der Waals surface area contributed by atoms with E-state index in [4.69, 9.17) is 4.74 Å². The van der Waals surface area contributed by atoms with Crippen LogP contribution in [0.1, 0.15) is 12.0 Å². The molecule has 0 unspecified atom stereocenters. The van der Waals surface area contributed by atoms with Crippen LogP contribution in [0.25, 0.3) is 22.3 Å². The summed E-state index contributed by atoms with van der Waals surface area (Å²) in [5, 5.41) is 6.79. The molecule has 0 saturated carbocycles. The fraction of sp³-hybridized carbons (Fsp3) is 0.381. The molecule has 2 aliphatic rings. The molecule has 1 fully saturated rings. The van der Waals surface area contributed by atoms with Gasteiger partial charge in [-0.05, 0) is 25.1 Å². The van der Waals surface area contributed by atoms with Gasteiger partial charge in [-0.3, -0.25) is 0 Å². The van der Waals surface area contributed by atoms with Crippen LogP contribution in [-0.4, -0.2) is 59.3 Å². The number of nitrogens with zero attached hydrogens (tertiary/aromatic N) is 4. The summed E-state index contributed by atoms with van der Waals surface area (Å²) in [6.07, 6.45) is 0.569. The zero-order valence-corrected chi connectivity index (χ0v) is 17.2. The average Bonchev–Trinajstić information content (AvgIpc) is 3.23. The number of fused-ring (bicyclic) bond motifs is 1. The number of morpholine rings is 1. The third-order valence-electron chi connectivity index (χ3n) is 5.51. The lowest BCUT2D eigenvalue weighted by atomic mass is 10.1. The second-order valence-electron chi connectivity index (χ2n) is 7.64. The van der Waals surface area contributed by atoms with Gasteiger partial charge in [0.05, 0.1) is 18.9 Å². The zero-order valence-electron chi connectivity index (χ0n) is 17.2. The number of anilines is 2. The van der Waals surface area contributed by atoms with Crippen molar-refractivity contribution in [1.82, 2.24) is 25.3 Å². The molecular weight excluding hydrogens is 423 g/mol. The van der Waals surface area contributed by atoms with Crippen molar-refractivity contribution in [2.75, 3.05) is 49.6 Å². The number of pyridine rings is 1. The summed E-state index contributed by atoms with van der Waals surface area (Å²) in [5.41, 5.74) is 0.583. The summed E-state index contributed by atoms with van der Waals surface area (Å²) in [6, 6.07) is 3.60. The molecule has 8 nitrogen and oxygen atoms in total. The third-order valence-corrected chi connectivity index (χ3v) is 5.51. The van der Waals surface area contributed by atoms with Gasteiger partial charge in [0.2, 0.25) is 5.95 Å². The first-order chi connectivity index (χ1) is 15.5. The van der Waals surface area contributed by atoms with Crippen LogP contribution >= 0.6 is 0 Å². The first kappa shape index (κ1) is 20.7. The summed E-state index contributed by atoms with van der Waals surface area (Å²) in [5.74, 6) is 0.877. The summed E-state index contributed by atoms with van der Waals surface area (Å²) < 4.78 is 46.7. The molecule has 32 heavy (non-hydrogen) atoms. The number of rotatable bonds is 4. The molecule has 0 atom stereocenters. The van der Waals surface area contributed by atoms with Crippen molar-refractivity contribution >= 4 is 22.8 Å². The van der Waals surface area contributed by atoms with Crippen molar-refractivity contribution in [2.45, 2.75) is 12.6 Å². The van der Waals surface area contributed by atoms with Gasteiger partial charge in [0.25, 0.3) is 0 Å². The Morgan fingerprint density at radius 3 is 2.72 bits per heavy atom. The number of aromatic amines is 1. The van der Waals surface area contributed by atoms with Crippen molar-refractivity contribution < 1.29 is 17.9 Å². The molecule has 1 saturated heterocycles. The van der Waals surface area contributed by atoms with Crippen molar-refractivity contribution in [2.24, 2.45) is 0 Å².